The van der Waals surface area contributed by atoms with Gasteiger partial charge in [0, 0.05) is 23.7 Å². The number of amides is 1. The summed E-state index contributed by atoms with van der Waals surface area (Å²) in [6, 6.07) is 7.04. The van der Waals surface area contributed by atoms with Crippen molar-refractivity contribution in [3.63, 3.8) is 0 Å². The number of para-hydroxylation sites is 1. The summed E-state index contributed by atoms with van der Waals surface area (Å²) in [6.07, 6.45) is 0.289. The van der Waals surface area contributed by atoms with Crippen molar-refractivity contribution in [2.75, 3.05) is 5.32 Å². The zero-order valence-electron chi connectivity index (χ0n) is 10.3. The molecule has 1 aromatic carbocycles. The summed E-state index contributed by atoms with van der Waals surface area (Å²) in [5.74, 6) is 0.154. The van der Waals surface area contributed by atoms with Crippen LogP contribution in [0.15, 0.2) is 24.3 Å². The Morgan fingerprint density at radius 2 is 2.06 bits per heavy atom. The van der Waals surface area contributed by atoms with Gasteiger partial charge in [0.25, 0.3) is 0 Å². The molecule has 17 heavy (non-hydrogen) atoms. The Kier molecular flexibility index (Phi) is 5.12. The average Bonchev–Trinajstić information content (AvgIpc) is 2.29. The van der Waals surface area contributed by atoms with Gasteiger partial charge in [-0.2, -0.15) is 0 Å². The van der Waals surface area contributed by atoms with Crippen LogP contribution in [0.2, 0.25) is 0 Å². The van der Waals surface area contributed by atoms with Crippen molar-refractivity contribution >= 4 is 11.6 Å². The summed E-state index contributed by atoms with van der Waals surface area (Å²) in [5.41, 5.74) is 7.19. The van der Waals surface area contributed by atoms with E-state index in [0.29, 0.717) is 11.3 Å². The topological polar surface area (TPSA) is 75.4 Å². The van der Waals surface area contributed by atoms with Crippen molar-refractivity contribution in [3.8, 4) is 0 Å². The second kappa shape index (κ2) is 6.37. The molecule has 1 unspecified atom stereocenters. The third-order valence-electron chi connectivity index (χ3n) is 2.74. The average molecular weight is 236 g/mol. The van der Waals surface area contributed by atoms with Crippen LogP contribution in [0.25, 0.3) is 0 Å². The number of carbonyl (C=O) groups is 1. The first-order valence-electron chi connectivity index (χ1n) is 5.78. The first-order valence-corrected chi connectivity index (χ1v) is 5.78. The number of rotatable bonds is 5. The standard InChI is InChI=1S/C13H20N2O2/c1-9(2)11(14)7-13(17)15-12-6-4-3-5-10(12)8-16/h3-6,9,11,16H,7-8,14H2,1-2H3,(H,15,17). The van der Waals surface area contributed by atoms with Crippen molar-refractivity contribution in [1.82, 2.24) is 0 Å². The number of hydrogen-bond acceptors (Lipinski definition) is 3. The van der Waals surface area contributed by atoms with Gasteiger partial charge in [0.05, 0.1) is 6.61 Å². The van der Waals surface area contributed by atoms with E-state index in [0.717, 1.165) is 0 Å². The lowest BCUT2D eigenvalue weighted by Crippen LogP contribution is -2.31. The maximum Gasteiger partial charge on any atom is 0.225 e. The molecule has 4 heteroatoms. The number of hydrogen-bond donors (Lipinski definition) is 3. The van der Waals surface area contributed by atoms with Crippen molar-refractivity contribution in [1.29, 1.82) is 0 Å². The lowest BCUT2D eigenvalue weighted by Gasteiger charge is -2.15. The van der Waals surface area contributed by atoms with Crippen molar-refractivity contribution in [3.05, 3.63) is 29.8 Å². The van der Waals surface area contributed by atoms with Crippen LogP contribution in [0.1, 0.15) is 25.8 Å². The van der Waals surface area contributed by atoms with Crippen LogP contribution in [0.4, 0.5) is 5.69 Å². The molecule has 0 aliphatic heterocycles. The molecule has 0 aliphatic rings. The predicted molar refractivity (Wildman–Crippen MR) is 68.4 cm³/mol. The van der Waals surface area contributed by atoms with E-state index in [9.17, 15) is 4.79 Å². The highest BCUT2D eigenvalue weighted by molar-refractivity contribution is 5.91. The SMILES string of the molecule is CC(C)C(N)CC(=O)Nc1ccccc1CO. The third-order valence-corrected chi connectivity index (χ3v) is 2.74. The van der Waals surface area contributed by atoms with Gasteiger partial charge in [-0.3, -0.25) is 4.79 Å². The molecule has 1 rings (SSSR count). The molecule has 0 radical (unpaired) electrons. The van der Waals surface area contributed by atoms with Gasteiger partial charge in [-0.1, -0.05) is 32.0 Å². The summed E-state index contributed by atoms with van der Waals surface area (Å²) < 4.78 is 0. The number of nitrogens with one attached hydrogen (secondary N) is 1. The van der Waals surface area contributed by atoms with E-state index in [1.54, 1.807) is 12.1 Å². The van der Waals surface area contributed by atoms with E-state index < -0.39 is 0 Å². The number of anilines is 1. The molecule has 94 valence electrons. The normalized spacial score (nSPS) is 12.5. The molecule has 0 saturated heterocycles. The number of benzene rings is 1. The zero-order valence-corrected chi connectivity index (χ0v) is 10.3. The molecule has 0 spiro atoms. The number of carbonyl (C=O) groups excluding carboxylic acids is 1. The first kappa shape index (κ1) is 13.7. The van der Waals surface area contributed by atoms with Gasteiger partial charge in [0.2, 0.25) is 5.91 Å². The predicted octanol–water partition coefficient (Wildman–Crippen LogP) is 1.49. The molecule has 0 heterocycles. The second-order valence-corrected chi connectivity index (χ2v) is 4.48. The Balaban J connectivity index is 2.62. The fourth-order valence-corrected chi connectivity index (χ4v) is 1.43. The molecule has 0 fully saturated rings. The quantitative estimate of drug-likeness (QED) is 0.725. The van der Waals surface area contributed by atoms with Crippen molar-refractivity contribution < 1.29 is 9.90 Å². The van der Waals surface area contributed by atoms with Gasteiger partial charge in [-0.15, -0.1) is 0 Å². The Labute approximate surface area is 102 Å². The molecular weight excluding hydrogens is 216 g/mol. The Morgan fingerprint density at radius 1 is 1.41 bits per heavy atom. The number of nitrogens with two attached hydrogens (primary N) is 1. The van der Waals surface area contributed by atoms with Crippen LogP contribution in [0.5, 0.6) is 0 Å². The molecule has 4 nitrogen and oxygen atoms in total. The molecule has 4 N–H and O–H groups in total. The van der Waals surface area contributed by atoms with Gasteiger partial charge in [-0.25, -0.2) is 0 Å². The van der Waals surface area contributed by atoms with Crippen LogP contribution < -0.4 is 11.1 Å². The van der Waals surface area contributed by atoms with E-state index in [-0.39, 0.29) is 30.9 Å². The van der Waals surface area contributed by atoms with E-state index in [4.69, 9.17) is 10.8 Å². The minimum absolute atomic E-state index is 0.0906. The summed E-state index contributed by atoms with van der Waals surface area (Å²) in [5, 5.41) is 11.9. The third kappa shape index (κ3) is 4.17. The van der Waals surface area contributed by atoms with E-state index in [1.165, 1.54) is 0 Å². The molecule has 0 bridgehead atoms. The molecule has 1 atom stereocenters. The summed E-state index contributed by atoms with van der Waals surface area (Å²) in [7, 11) is 0. The minimum atomic E-state index is -0.142. The number of aliphatic hydroxyl groups excluding tert-OH is 1. The van der Waals surface area contributed by atoms with Crippen molar-refractivity contribution in [2.45, 2.75) is 32.9 Å². The Bertz CT molecular complexity index is 377. The monoisotopic (exact) mass is 236 g/mol. The fraction of sp³-hybridized carbons (Fsp3) is 0.462. The second-order valence-electron chi connectivity index (χ2n) is 4.48. The molecule has 0 saturated carbocycles. The number of aliphatic hydroxyl groups is 1. The first-order chi connectivity index (χ1) is 8.04. The fourth-order valence-electron chi connectivity index (χ4n) is 1.43. The van der Waals surface area contributed by atoms with Crippen LogP contribution in [-0.2, 0) is 11.4 Å². The highest BCUT2D eigenvalue weighted by Crippen LogP contribution is 2.15. The van der Waals surface area contributed by atoms with E-state index in [1.807, 2.05) is 26.0 Å². The van der Waals surface area contributed by atoms with Crippen LogP contribution in [-0.4, -0.2) is 17.1 Å². The van der Waals surface area contributed by atoms with Crippen LogP contribution >= 0.6 is 0 Å². The van der Waals surface area contributed by atoms with Gasteiger partial charge in [0.15, 0.2) is 0 Å². The molecule has 0 aromatic heterocycles. The summed E-state index contributed by atoms with van der Waals surface area (Å²) in [6.45, 7) is 3.88. The van der Waals surface area contributed by atoms with Gasteiger partial charge in [-0.05, 0) is 12.0 Å². The zero-order chi connectivity index (χ0) is 12.8. The Hall–Kier alpha value is -1.39. The summed E-state index contributed by atoms with van der Waals surface area (Å²) >= 11 is 0. The van der Waals surface area contributed by atoms with E-state index in [2.05, 4.69) is 5.32 Å². The van der Waals surface area contributed by atoms with Gasteiger partial charge < -0.3 is 16.2 Å². The largest absolute Gasteiger partial charge is 0.392 e. The van der Waals surface area contributed by atoms with Crippen LogP contribution in [0.3, 0.4) is 0 Å². The smallest absolute Gasteiger partial charge is 0.225 e. The minimum Gasteiger partial charge on any atom is -0.392 e. The van der Waals surface area contributed by atoms with Gasteiger partial charge >= 0.3 is 0 Å². The highest BCUT2D eigenvalue weighted by Gasteiger charge is 2.13. The maximum absolute atomic E-state index is 11.7. The Morgan fingerprint density at radius 3 is 2.65 bits per heavy atom. The van der Waals surface area contributed by atoms with E-state index >= 15 is 0 Å². The molecule has 0 aliphatic carbocycles. The molecule has 1 amide bonds. The summed E-state index contributed by atoms with van der Waals surface area (Å²) in [4.78, 5) is 11.7. The van der Waals surface area contributed by atoms with Crippen molar-refractivity contribution in [2.24, 2.45) is 11.7 Å². The maximum atomic E-state index is 11.7. The lowest BCUT2D eigenvalue weighted by atomic mass is 10.0. The molecular formula is C13H20N2O2. The van der Waals surface area contributed by atoms with Crippen LogP contribution in [0, 0.1) is 5.92 Å². The highest BCUT2D eigenvalue weighted by atomic mass is 16.3. The molecule has 1 aromatic rings. The lowest BCUT2D eigenvalue weighted by molar-refractivity contribution is -0.116. The van der Waals surface area contributed by atoms with Gasteiger partial charge in [0.1, 0.15) is 0 Å².